The SMILES string of the molecule is Cc1c(C=CC(=O)c2ccc(Br)cc2)cnn1C. The Morgan fingerprint density at radius 2 is 2.00 bits per heavy atom. The van der Waals surface area contributed by atoms with Crippen LogP contribution in [0.1, 0.15) is 21.6 Å². The van der Waals surface area contributed by atoms with Gasteiger partial charge in [-0.25, -0.2) is 0 Å². The predicted molar refractivity (Wildman–Crippen MR) is 75.5 cm³/mol. The zero-order chi connectivity index (χ0) is 13.1. The molecule has 0 fully saturated rings. The van der Waals surface area contributed by atoms with E-state index in [0.29, 0.717) is 5.56 Å². The van der Waals surface area contributed by atoms with Crippen LogP contribution in [0.4, 0.5) is 0 Å². The van der Waals surface area contributed by atoms with Gasteiger partial charge in [-0.15, -0.1) is 0 Å². The summed E-state index contributed by atoms with van der Waals surface area (Å²) in [5, 5.41) is 4.13. The van der Waals surface area contributed by atoms with E-state index in [1.54, 1.807) is 35.2 Å². The number of benzene rings is 1. The normalized spacial score (nSPS) is 11.1. The van der Waals surface area contributed by atoms with E-state index >= 15 is 0 Å². The number of hydrogen-bond acceptors (Lipinski definition) is 2. The van der Waals surface area contributed by atoms with Crippen molar-refractivity contribution in [3.05, 3.63) is 57.8 Å². The van der Waals surface area contributed by atoms with Gasteiger partial charge < -0.3 is 0 Å². The van der Waals surface area contributed by atoms with Crippen LogP contribution in [-0.4, -0.2) is 15.6 Å². The van der Waals surface area contributed by atoms with Crippen molar-refractivity contribution in [2.24, 2.45) is 7.05 Å². The molecule has 2 aromatic rings. The first-order valence-corrected chi connectivity index (χ1v) is 6.34. The number of aryl methyl sites for hydroxylation is 1. The fourth-order valence-electron chi connectivity index (χ4n) is 1.56. The molecule has 0 aliphatic rings. The molecule has 1 aromatic carbocycles. The maximum Gasteiger partial charge on any atom is 0.185 e. The van der Waals surface area contributed by atoms with Crippen LogP contribution >= 0.6 is 15.9 Å². The van der Waals surface area contributed by atoms with Gasteiger partial charge in [-0.2, -0.15) is 5.10 Å². The number of carbonyl (C=O) groups is 1. The first-order valence-electron chi connectivity index (χ1n) is 5.54. The van der Waals surface area contributed by atoms with Gasteiger partial charge in [0, 0.05) is 28.3 Å². The van der Waals surface area contributed by atoms with Crippen LogP contribution in [0.5, 0.6) is 0 Å². The van der Waals surface area contributed by atoms with Gasteiger partial charge in [-0.05, 0) is 43.3 Å². The molecule has 0 saturated heterocycles. The Kier molecular flexibility index (Phi) is 3.77. The Morgan fingerprint density at radius 1 is 1.33 bits per heavy atom. The summed E-state index contributed by atoms with van der Waals surface area (Å²) in [6, 6.07) is 7.31. The van der Waals surface area contributed by atoms with Crippen molar-refractivity contribution < 1.29 is 4.79 Å². The molecule has 92 valence electrons. The van der Waals surface area contributed by atoms with Crippen molar-refractivity contribution in [1.82, 2.24) is 9.78 Å². The molecule has 0 saturated carbocycles. The Labute approximate surface area is 114 Å². The van der Waals surface area contributed by atoms with Crippen LogP contribution < -0.4 is 0 Å². The molecule has 0 aliphatic carbocycles. The molecular weight excluding hydrogens is 292 g/mol. The van der Waals surface area contributed by atoms with Crippen LogP contribution in [-0.2, 0) is 7.05 Å². The summed E-state index contributed by atoms with van der Waals surface area (Å²) in [7, 11) is 1.88. The van der Waals surface area contributed by atoms with E-state index < -0.39 is 0 Å². The number of halogens is 1. The predicted octanol–water partition coefficient (Wildman–Crippen LogP) is 3.39. The highest BCUT2D eigenvalue weighted by molar-refractivity contribution is 9.10. The molecule has 0 N–H and O–H groups in total. The third-order valence-corrected chi connectivity index (χ3v) is 3.34. The lowest BCUT2D eigenvalue weighted by Gasteiger charge is -1.96. The van der Waals surface area contributed by atoms with Gasteiger partial charge in [0.1, 0.15) is 0 Å². The summed E-state index contributed by atoms with van der Waals surface area (Å²) >= 11 is 3.34. The third-order valence-electron chi connectivity index (χ3n) is 2.82. The maximum absolute atomic E-state index is 11.9. The zero-order valence-corrected chi connectivity index (χ0v) is 11.8. The Morgan fingerprint density at radius 3 is 2.56 bits per heavy atom. The van der Waals surface area contributed by atoms with Gasteiger partial charge >= 0.3 is 0 Å². The minimum atomic E-state index is -0.00856. The lowest BCUT2D eigenvalue weighted by molar-refractivity contribution is 0.104. The molecule has 2 rings (SSSR count). The van der Waals surface area contributed by atoms with Crippen molar-refractivity contribution in [3.8, 4) is 0 Å². The van der Waals surface area contributed by atoms with Crippen molar-refractivity contribution in [1.29, 1.82) is 0 Å². The van der Waals surface area contributed by atoms with Crippen molar-refractivity contribution in [3.63, 3.8) is 0 Å². The summed E-state index contributed by atoms with van der Waals surface area (Å²) in [6.45, 7) is 1.97. The molecule has 18 heavy (non-hydrogen) atoms. The second-order valence-corrected chi connectivity index (χ2v) is 4.93. The highest BCUT2D eigenvalue weighted by Crippen LogP contribution is 2.13. The largest absolute Gasteiger partial charge is 0.289 e. The minimum absolute atomic E-state index is 0.00856. The number of nitrogens with zero attached hydrogens (tertiary/aromatic N) is 2. The van der Waals surface area contributed by atoms with Gasteiger partial charge in [0.25, 0.3) is 0 Å². The topological polar surface area (TPSA) is 34.9 Å². The van der Waals surface area contributed by atoms with Gasteiger partial charge in [-0.3, -0.25) is 9.48 Å². The number of aromatic nitrogens is 2. The van der Waals surface area contributed by atoms with E-state index in [0.717, 1.165) is 15.7 Å². The average molecular weight is 305 g/mol. The molecule has 0 amide bonds. The van der Waals surface area contributed by atoms with Crippen molar-refractivity contribution in [2.75, 3.05) is 0 Å². The third kappa shape index (κ3) is 2.76. The number of hydrogen-bond donors (Lipinski definition) is 0. The van der Waals surface area contributed by atoms with E-state index in [1.165, 1.54) is 0 Å². The summed E-state index contributed by atoms with van der Waals surface area (Å²) in [5.74, 6) is -0.00856. The van der Waals surface area contributed by atoms with Crippen LogP contribution in [0.25, 0.3) is 6.08 Å². The highest BCUT2D eigenvalue weighted by Gasteiger charge is 2.03. The molecule has 0 aliphatic heterocycles. The Hall–Kier alpha value is -1.68. The van der Waals surface area contributed by atoms with E-state index in [2.05, 4.69) is 21.0 Å². The minimum Gasteiger partial charge on any atom is -0.289 e. The van der Waals surface area contributed by atoms with Crippen LogP contribution in [0, 0.1) is 6.92 Å². The fourth-order valence-corrected chi connectivity index (χ4v) is 1.82. The lowest BCUT2D eigenvalue weighted by atomic mass is 10.1. The summed E-state index contributed by atoms with van der Waals surface area (Å²) in [6.07, 6.45) is 5.13. The summed E-state index contributed by atoms with van der Waals surface area (Å²) < 4.78 is 2.75. The smallest absolute Gasteiger partial charge is 0.185 e. The first-order chi connectivity index (χ1) is 8.58. The number of allylic oxidation sites excluding steroid dienone is 1. The maximum atomic E-state index is 11.9. The molecule has 4 heteroatoms. The lowest BCUT2D eigenvalue weighted by Crippen LogP contribution is -1.94. The molecule has 0 atom stereocenters. The monoisotopic (exact) mass is 304 g/mol. The highest BCUT2D eigenvalue weighted by atomic mass is 79.9. The van der Waals surface area contributed by atoms with E-state index in [1.807, 2.05) is 26.1 Å². The second-order valence-electron chi connectivity index (χ2n) is 4.01. The standard InChI is InChI=1S/C14H13BrN2O/c1-10-12(9-16-17(10)2)5-8-14(18)11-3-6-13(15)7-4-11/h3-9H,1-2H3. The Bertz CT molecular complexity index is 597. The zero-order valence-electron chi connectivity index (χ0n) is 10.2. The van der Waals surface area contributed by atoms with Gasteiger partial charge in [-0.1, -0.05) is 15.9 Å². The molecule has 1 aromatic heterocycles. The van der Waals surface area contributed by atoms with E-state index in [9.17, 15) is 4.79 Å². The van der Waals surface area contributed by atoms with Crippen molar-refractivity contribution >= 4 is 27.8 Å². The molecule has 0 radical (unpaired) electrons. The van der Waals surface area contributed by atoms with Gasteiger partial charge in [0.05, 0.1) is 6.20 Å². The van der Waals surface area contributed by atoms with Crippen molar-refractivity contribution in [2.45, 2.75) is 6.92 Å². The molecule has 0 unspecified atom stereocenters. The van der Waals surface area contributed by atoms with E-state index in [-0.39, 0.29) is 5.78 Å². The summed E-state index contributed by atoms with van der Waals surface area (Å²) in [4.78, 5) is 11.9. The van der Waals surface area contributed by atoms with Crippen LogP contribution in [0.2, 0.25) is 0 Å². The fraction of sp³-hybridized carbons (Fsp3) is 0.143. The molecular formula is C14H13BrN2O. The summed E-state index contributed by atoms with van der Waals surface area (Å²) in [5.41, 5.74) is 2.67. The molecule has 0 spiro atoms. The van der Waals surface area contributed by atoms with Gasteiger partial charge in [0.15, 0.2) is 5.78 Å². The van der Waals surface area contributed by atoms with Crippen LogP contribution in [0.15, 0.2) is 41.0 Å². The quantitative estimate of drug-likeness (QED) is 0.643. The first kappa shape index (κ1) is 12.8. The van der Waals surface area contributed by atoms with Gasteiger partial charge in [0.2, 0.25) is 0 Å². The van der Waals surface area contributed by atoms with Crippen LogP contribution in [0.3, 0.4) is 0 Å². The molecule has 1 heterocycles. The molecule has 0 bridgehead atoms. The number of rotatable bonds is 3. The average Bonchev–Trinajstić information content (AvgIpc) is 2.68. The second kappa shape index (κ2) is 5.31. The van der Waals surface area contributed by atoms with E-state index in [4.69, 9.17) is 0 Å². The number of carbonyl (C=O) groups excluding carboxylic acids is 1. The molecule has 3 nitrogen and oxygen atoms in total. The number of ketones is 1. The Balaban J connectivity index is 2.16.